The van der Waals surface area contributed by atoms with Crippen LogP contribution in [0.5, 0.6) is 17.2 Å². The number of aromatic nitrogens is 1. The number of hydrogen-bond acceptors (Lipinski definition) is 5. The van der Waals surface area contributed by atoms with E-state index in [2.05, 4.69) is 4.98 Å². The monoisotopic (exact) mass is 255 g/mol. The summed E-state index contributed by atoms with van der Waals surface area (Å²) >= 11 is 0. The van der Waals surface area contributed by atoms with Crippen LogP contribution < -0.4 is 5.43 Å². The maximum atomic E-state index is 11.4. The molecule has 0 bridgehead atoms. The summed E-state index contributed by atoms with van der Waals surface area (Å²) in [5, 5.41) is 29.6. The molecular weight excluding hydrogens is 246 g/mol. The fourth-order valence-corrected chi connectivity index (χ4v) is 1.99. The van der Waals surface area contributed by atoms with Gasteiger partial charge in [-0.15, -0.1) is 0 Å². The van der Waals surface area contributed by atoms with E-state index in [0.29, 0.717) is 16.6 Å². The van der Waals surface area contributed by atoms with Crippen molar-refractivity contribution in [1.82, 2.24) is 4.98 Å². The molecule has 1 aromatic carbocycles. The van der Waals surface area contributed by atoms with E-state index in [9.17, 15) is 20.1 Å². The summed E-state index contributed by atoms with van der Waals surface area (Å²) in [6, 6.07) is 8.41. The number of aromatic hydroxyl groups is 3. The van der Waals surface area contributed by atoms with Crippen LogP contribution in [0, 0.1) is 0 Å². The molecule has 3 rings (SSSR count). The van der Waals surface area contributed by atoms with Gasteiger partial charge in [-0.3, -0.25) is 4.79 Å². The van der Waals surface area contributed by atoms with Crippen LogP contribution in [0.3, 0.4) is 0 Å². The maximum Gasteiger partial charge on any atom is 0.220 e. The SMILES string of the molecule is O=c1cc2cc(O)c3cccc(O)c3nc-2cc1O. The van der Waals surface area contributed by atoms with Gasteiger partial charge in [0.2, 0.25) is 5.43 Å². The van der Waals surface area contributed by atoms with Crippen molar-refractivity contribution in [3.63, 3.8) is 0 Å². The zero-order chi connectivity index (χ0) is 13.6. The van der Waals surface area contributed by atoms with Crippen molar-refractivity contribution in [3.05, 3.63) is 46.6 Å². The van der Waals surface area contributed by atoms with Gasteiger partial charge in [-0.05, 0) is 24.3 Å². The second-order valence-corrected chi connectivity index (χ2v) is 4.19. The Bertz CT molecular complexity index is 829. The molecule has 0 saturated carbocycles. The predicted molar refractivity (Wildman–Crippen MR) is 69.6 cm³/mol. The molecule has 1 aliphatic heterocycles. The molecule has 5 nitrogen and oxygen atoms in total. The Morgan fingerprint density at radius 2 is 1.68 bits per heavy atom. The fraction of sp³-hybridized carbons (Fsp3) is 0. The van der Waals surface area contributed by atoms with Crippen LogP contribution in [-0.4, -0.2) is 20.3 Å². The predicted octanol–water partition coefficient (Wildman–Crippen LogP) is 1.82. The maximum absolute atomic E-state index is 11.4. The second kappa shape index (κ2) is 3.84. The van der Waals surface area contributed by atoms with Crippen molar-refractivity contribution in [2.24, 2.45) is 0 Å². The normalized spacial score (nSPS) is 10.9. The van der Waals surface area contributed by atoms with Gasteiger partial charge in [0.1, 0.15) is 17.0 Å². The summed E-state index contributed by atoms with van der Waals surface area (Å²) in [7, 11) is 0. The lowest BCUT2D eigenvalue weighted by molar-refractivity contribution is 0.470. The van der Waals surface area contributed by atoms with Crippen LogP contribution in [0.2, 0.25) is 0 Å². The highest BCUT2D eigenvalue weighted by molar-refractivity contribution is 5.91. The first kappa shape index (κ1) is 11.3. The number of fused-ring (bicyclic) bond motifs is 2. The Balaban J connectivity index is 2.57. The summed E-state index contributed by atoms with van der Waals surface area (Å²) in [6.45, 7) is 0. The van der Waals surface area contributed by atoms with E-state index in [0.717, 1.165) is 0 Å². The molecule has 3 N–H and O–H groups in total. The molecule has 5 heteroatoms. The molecule has 0 atom stereocenters. The van der Waals surface area contributed by atoms with Gasteiger partial charge in [0, 0.05) is 17.0 Å². The highest BCUT2D eigenvalue weighted by Crippen LogP contribution is 2.33. The Kier molecular flexibility index (Phi) is 2.28. The highest BCUT2D eigenvalue weighted by Gasteiger charge is 2.12. The molecule has 0 unspecified atom stereocenters. The van der Waals surface area contributed by atoms with Crippen molar-refractivity contribution in [1.29, 1.82) is 0 Å². The summed E-state index contributed by atoms with van der Waals surface area (Å²) in [5.74, 6) is -0.608. The number of phenols is 2. The summed E-state index contributed by atoms with van der Waals surface area (Å²) < 4.78 is 0. The van der Waals surface area contributed by atoms with Crippen molar-refractivity contribution < 1.29 is 15.3 Å². The van der Waals surface area contributed by atoms with Gasteiger partial charge < -0.3 is 15.3 Å². The van der Waals surface area contributed by atoms with Crippen molar-refractivity contribution in [2.45, 2.75) is 0 Å². The molecule has 0 aromatic heterocycles. The van der Waals surface area contributed by atoms with E-state index >= 15 is 0 Å². The van der Waals surface area contributed by atoms with E-state index in [1.54, 1.807) is 12.1 Å². The minimum Gasteiger partial charge on any atom is -0.507 e. The molecule has 1 aromatic rings. The molecule has 1 aliphatic carbocycles. The smallest absolute Gasteiger partial charge is 0.220 e. The largest absolute Gasteiger partial charge is 0.507 e. The zero-order valence-electron chi connectivity index (χ0n) is 9.66. The Morgan fingerprint density at radius 3 is 2.47 bits per heavy atom. The van der Waals surface area contributed by atoms with Crippen LogP contribution in [0.1, 0.15) is 0 Å². The Labute approximate surface area is 107 Å². The van der Waals surface area contributed by atoms with Gasteiger partial charge in [-0.25, -0.2) is 4.98 Å². The Morgan fingerprint density at radius 1 is 0.895 bits per heavy atom. The lowest BCUT2D eigenvalue weighted by Gasteiger charge is -1.99. The first-order chi connectivity index (χ1) is 9.06. The van der Waals surface area contributed by atoms with Gasteiger partial charge in [0.15, 0.2) is 5.75 Å². The van der Waals surface area contributed by atoms with Gasteiger partial charge in [0.05, 0.1) is 5.69 Å². The number of para-hydroxylation sites is 1. The molecule has 0 fully saturated rings. The third kappa shape index (κ3) is 1.72. The third-order valence-electron chi connectivity index (χ3n) is 2.92. The van der Waals surface area contributed by atoms with E-state index in [1.165, 1.54) is 24.3 Å². The number of rotatable bonds is 0. The molecule has 0 radical (unpaired) electrons. The quantitative estimate of drug-likeness (QED) is 0.570. The standard InChI is InChI=1S/C14H9NO4/c16-10-3-1-2-8-11(17)4-7-5-12(18)13(19)6-9(7)15-14(8)10/h1-6,16-17,19H. The average molecular weight is 255 g/mol. The van der Waals surface area contributed by atoms with E-state index in [-0.39, 0.29) is 17.0 Å². The molecule has 0 spiro atoms. The number of nitrogens with zero attached hydrogens (tertiary/aromatic N) is 1. The number of benzene rings is 2. The van der Waals surface area contributed by atoms with Crippen molar-refractivity contribution in [3.8, 4) is 28.5 Å². The van der Waals surface area contributed by atoms with Crippen molar-refractivity contribution in [2.75, 3.05) is 0 Å². The van der Waals surface area contributed by atoms with Crippen LogP contribution in [0.15, 0.2) is 41.2 Å². The third-order valence-corrected chi connectivity index (χ3v) is 2.92. The Hall–Kier alpha value is -2.82. The van der Waals surface area contributed by atoms with Crippen LogP contribution >= 0.6 is 0 Å². The van der Waals surface area contributed by atoms with Gasteiger partial charge in [0.25, 0.3) is 0 Å². The first-order valence-electron chi connectivity index (χ1n) is 5.55. The molecule has 2 aliphatic rings. The first-order valence-corrected chi connectivity index (χ1v) is 5.55. The van der Waals surface area contributed by atoms with E-state index < -0.39 is 11.2 Å². The lowest BCUT2D eigenvalue weighted by atomic mass is 10.1. The second-order valence-electron chi connectivity index (χ2n) is 4.19. The van der Waals surface area contributed by atoms with E-state index in [4.69, 9.17) is 0 Å². The minimum atomic E-state index is -0.548. The fourth-order valence-electron chi connectivity index (χ4n) is 1.99. The summed E-state index contributed by atoms with van der Waals surface area (Å²) in [6.07, 6.45) is 0. The average Bonchev–Trinajstić information content (AvgIpc) is 2.49. The van der Waals surface area contributed by atoms with Crippen molar-refractivity contribution >= 4 is 10.9 Å². The van der Waals surface area contributed by atoms with Gasteiger partial charge in [-0.1, -0.05) is 6.07 Å². The number of phenolic OH excluding ortho intramolecular Hbond substituents is 2. The molecular formula is C14H9NO4. The van der Waals surface area contributed by atoms with Gasteiger partial charge in [-0.2, -0.15) is 0 Å². The van der Waals surface area contributed by atoms with E-state index in [1.807, 2.05) is 0 Å². The van der Waals surface area contributed by atoms with Gasteiger partial charge >= 0.3 is 0 Å². The summed E-state index contributed by atoms with van der Waals surface area (Å²) in [4.78, 5) is 15.6. The zero-order valence-corrected chi connectivity index (χ0v) is 9.66. The minimum absolute atomic E-state index is 0.0870. The molecule has 1 heterocycles. The highest BCUT2D eigenvalue weighted by atomic mass is 16.3. The van der Waals surface area contributed by atoms with Crippen LogP contribution in [0.25, 0.3) is 22.2 Å². The number of hydrogen-bond donors (Lipinski definition) is 3. The summed E-state index contributed by atoms with van der Waals surface area (Å²) in [5.41, 5.74) is 0.348. The molecule has 94 valence electrons. The molecule has 0 amide bonds. The van der Waals surface area contributed by atoms with Crippen LogP contribution in [-0.2, 0) is 0 Å². The molecule has 19 heavy (non-hydrogen) atoms. The molecule has 0 saturated heterocycles. The lowest BCUT2D eigenvalue weighted by Crippen LogP contribution is -1.99. The van der Waals surface area contributed by atoms with Crippen LogP contribution in [0.4, 0.5) is 0 Å². The topological polar surface area (TPSA) is 90.7 Å².